The third kappa shape index (κ3) is 3.04. The number of hydrogen-bond acceptors (Lipinski definition) is 3. The fourth-order valence-electron chi connectivity index (χ4n) is 3.34. The van der Waals surface area contributed by atoms with E-state index >= 15 is 0 Å². The van der Waals surface area contributed by atoms with Gasteiger partial charge in [0, 0.05) is 22.8 Å². The molecule has 2 nitrogen and oxygen atoms in total. The van der Waals surface area contributed by atoms with Gasteiger partial charge in [-0.25, -0.2) is 0 Å². The van der Waals surface area contributed by atoms with Crippen LogP contribution in [0.25, 0.3) is 0 Å². The van der Waals surface area contributed by atoms with Gasteiger partial charge in [-0.2, -0.15) is 0 Å². The Kier molecular flexibility index (Phi) is 3.71. The Morgan fingerprint density at radius 3 is 2.79 bits per heavy atom. The zero-order chi connectivity index (χ0) is 13.5. The van der Waals surface area contributed by atoms with Crippen molar-refractivity contribution in [2.45, 2.75) is 39.2 Å². The van der Waals surface area contributed by atoms with Crippen molar-refractivity contribution in [1.29, 1.82) is 0 Å². The van der Waals surface area contributed by atoms with Crippen LogP contribution in [0.4, 0.5) is 0 Å². The van der Waals surface area contributed by atoms with Crippen molar-refractivity contribution in [2.24, 2.45) is 11.8 Å². The maximum atomic E-state index is 3.55. The first-order chi connectivity index (χ1) is 9.02. The molecule has 0 saturated carbocycles. The molecule has 0 radical (unpaired) electrons. The molecule has 3 heterocycles. The molecule has 1 N–H and O–H groups in total. The van der Waals surface area contributed by atoms with E-state index in [9.17, 15) is 0 Å². The first kappa shape index (κ1) is 13.6. The molecule has 0 bridgehead atoms. The van der Waals surface area contributed by atoms with Crippen LogP contribution in [0.15, 0.2) is 12.1 Å². The SMILES string of the molecule is CC(C)(C)c1ccc(CN2CCC3CNCC3C2)s1. The third-order valence-corrected chi connectivity index (χ3v) is 6.06. The maximum Gasteiger partial charge on any atom is 0.0328 e. The molecule has 19 heavy (non-hydrogen) atoms. The van der Waals surface area contributed by atoms with Gasteiger partial charge in [-0.1, -0.05) is 20.8 Å². The molecule has 0 aromatic carbocycles. The average Bonchev–Trinajstić information content (AvgIpc) is 2.95. The van der Waals surface area contributed by atoms with Crippen molar-refractivity contribution in [3.8, 4) is 0 Å². The maximum absolute atomic E-state index is 3.55. The third-order valence-electron chi connectivity index (χ3n) is 4.57. The van der Waals surface area contributed by atoms with Crippen LogP contribution in [0, 0.1) is 11.8 Å². The number of hydrogen-bond donors (Lipinski definition) is 1. The Hall–Kier alpha value is -0.380. The molecule has 106 valence electrons. The second-order valence-electron chi connectivity index (χ2n) is 7.22. The topological polar surface area (TPSA) is 15.3 Å². The van der Waals surface area contributed by atoms with E-state index in [1.54, 1.807) is 0 Å². The van der Waals surface area contributed by atoms with Gasteiger partial charge in [0.1, 0.15) is 0 Å². The predicted molar refractivity (Wildman–Crippen MR) is 82.8 cm³/mol. The molecule has 2 atom stereocenters. The highest BCUT2D eigenvalue weighted by molar-refractivity contribution is 7.12. The Balaban J connectivity index is 1.61. The smallest absolute Gasteiger partial charge is 0.0328 e. The highest BCUT2D eigenvalue weighted by Crippen LogP contribution is 2.32. The largest absolute Gasteiger partial charge is 0.316 e. The lowest BCUT2D eigenvalue weighted by Gasteiger charge is -2.34. The summed E-state index contributed by atoms with van der Waals surface area (Å²) >= 11 is 2.00. The summed E-state index contributed by atoms with van der Waals surface area (Å²) in [5.74, 6) is 1.85. The number of thiophene rings is 1. The van der Waals surface area contributed by atoms with E-state index < -0.39 is 0 Å². The van der Waals surface area contributed by atoms with Gasteiger partial charge in [-0.15, -0.1) is 11.3 Å². The standard InChI is InChI=1S/C16H26N2S/c1-16(2,3)15-5-4-14(19-15)11-18-7-6-12-8-17-9-13(12)10-18/h4-5,12-13,17H,6-11H2,1-3H3. The van der Waals surface area contributed by atoms with Gasteiger partial charge in [0.15, 0.2) is 0 Å². The number of piperidine rings is 1. The van der Waals surface area contributed by atoms with E-state index in [0.717, 1.165) is 18.4 Å². The molecule has 2 saturated heterocycles. The molecule has 2 aliphatic heterocycles. The van der Waals surface area contributed by atoms with Gasteiger partial charge in [-0.3, -0.25) is 4.90 Å². The van der Waals surface area contributed by atoms with Gasteiger partial charge in [0.05, 0.1) is 0 Å². The van der Waals surface area contributed by atoms with E-state index in [1.807, 2.05) is 11.3 Å². The van der Waals surface area contributed by atoms with Crippen LogP contribution < -0.4 is 5.32 Å². The Bertz CT molecular complexity index is 432. The summed E-state index contributed by atoms with van der Waals surface area (Å²) in [7, 11) is 0. The molecule has 0 aliphatic carbocycles. The first-order valence-corrected chi connectivity index (χ1v) is 8.36. The quantitative estimate of drug-likeness (QED) is 0.894. The van der Waals surface area contributed by atoms with Crippen LogP contribution in [0.2, 0.25) is 0 Å². The van der Waals surface area contributed by atoms with Crippen molar-refractivity contribution in [3.63, 3.8) is 0 Å². The Morgan fingerprint density at radius 2 is 2.05 bits per heavy atom. The number of nitrogens with one attached hydrogen (secondary N) is 1. The normalized spacial score (nSPS) is 28.6. The summed E-state index contributed by atoms with van der Waals surface area (Å²) in [6.45, 7) is 13.1. The molecule has 3 heteroatoms. The fraction of sp³-hybridized carbons (Fsp3) is 0.750. The number of fused-ring (bicyclic) bond motifs is 1. The van der Waals surface area contributed by atoms with Crippen LogP contribution in [0.3, 0.4) is 0 Å². The molecular weight excluding hydrogens is 252 g/mol. The van der Waals surface area contributed by atoms with E-state index in [2.05, 4.69) is 43.1 Å². The predicted octanol–water partition coefficient (Wildman–Crippen LogP) is 3.09. The van der Waals surface area contributed by atoms with Gasteiger partial charge in [0.2, 0.25) is 0 Å². The lowest BCUT2D eigenvalue weighted by atomic mass is 9.89. The second kappa shape index (κ2) is 5.19. The minimum absolute atomic E-state index is 0.297. The summed E-state index contributed by atoms with van der Waals surface area (Å²) < 4.78 is 0. The van der Waals surface area contributed by atoms with Gasteiger partial charge in [-0.05, 0) is 55.4 Å². The van der Waals surface area contributed by atoms with Crippen molar-refractivity contribution < 1.29 is 0 Å². The molecule has 1 aromatic heterocycles. The van der Waals surface area contributed by atoms with Gasteiger partial charge >= 0.3 is 0 Å². The molecule has 2 unspecified atom stereocenters. The van der Waals surface area contributed by atoms with Gasteiger partial charge < -0.3 is 5.32 Å². The average molecular weight is 278 g/mol. The van der Waals surface area contributed by atoms with Crippen LogP contribution in [0.1, 0.15) is 36.9 Å². The minimum atomic E-state index is 0.297. The number of likely N-dealkylation sites (tertiary alicyclic amines) is 1. The molecule has 0 amide bonds. The fourth-order valence-corrected chi connectivity index (χ4v) is 4.45. The van der Waals surface area contributed by atoms with Gasteiger partial charge in [0.25, 0.3) is 0 Å². The van der Waals surface area contributed by atoms with Crippen molar-refractivity contribution in [1.82, 2.24) is 10.2 Å². The molecular formula is C16H26N2S. The first-order valence-electron chi connectivity index (χ1n) is 7.54. The number of nitrogens with zero attached hydrogens (tertiary/aromatic N) is 1. The monoisotopic (exact) mass is 278 g/mol. The second-order valence-corrected chi connectivity index (χ2v) is 8.39. The summed E-state index contributed by atoms with van der Waals surface area (Å²) in [5, 5.41) is 3.55. The molecule has 2 aliphatic rings. The Morgan fingerprint density at radius 1 is 1.26 bits per heavy atom. The number of rotatable bonds is 2. The van der Waals surface area contributed by atoms with Crippen molar-refractivity contribution in [3.05, 3.63) is 21.9 Å². The zero-order valence-electron chi connectivity index (χ0n) is 12.4. The Labute approximate surface area is 121 Å². The van der Waals surface area contributed by atoms with Crippen LogP contribution in [-0.2, 0) is 12.0 Å². The zero-order valence-corrected chi connectivity index (χ0v) is 13.2. The summed E-state index contributed by atoms with van der Waals surface area (Å²) in [6.07, 6.45) is 1.38. The molecule has 3 rings (SSSR count). The molecule has 1 aromatic rings. The van der Waals surface area contributed by atoms with E-state index in [-0.39, 0.29) is 0 Å². The summed E-state index contributed by atoms with van der Waals surface area (Å²) in [5.41, 5.74) is 0.297. The van der Waals surface area contributed by atoms with Crippen LogP contribution in [-0.4, -0.2) is 31.1 Å². The summed E-state index contributed by atoms with van der Waals surface area (Å²) in [4.78, 5) is 5.71. The highest BCUT2D eigenvalue weighted by atomic mass is 32.1. The minimum Gasteiger partial charge on any atom is -0.316 e. The van der Waals surface area contributed by atoms with Crippen LogP contribution in [0.5, 0.6) is 0 Å². The summed E-state index contributed by atoms with van der Waals surface area (Å²) in [6, 6.07) is 4.66. The lowest BCUT2D eigenvalue weighted by molar-refractivity contribution is 0.143. The highest BCUT2D eigenvalue weighted by Gasteiger charge is 2.32. The van der Waals surface area contributed by atoms with E-state index in [0.29, 0.717) is 5.41 Å². The lowest BCUT2D eigenvalue weighted by Crippen LogP contribution is -2.39. The molecule has 2 fully saturated rings. The van der Waals surface area contributed by atoms with Crippen molar-refractivity contribution >= 4 is 11.3 Å². The van der Waals surface area contributed by atoms with E-state index in [1.165, 1.54) is 42.4 Å². The molecule has 0 spiro atoms. The van der Waals surface area contributed by atoms with Crippen molar-refractivity contribution in [2.75, 3.05) is 26.2 Å². The van der Waals surface area contributed by atoms with E-state index in [4.69, 9.17) is 0 Å². The van der Waals surface area contributed by atoms with Crippen LogP contribution >= 0.6 is 11.3 Å².